The van der Waals surface area contributed by atoms with Crippen molar-refractivity contribution in [2.45, 2.75) is 51.8 Å². The van der Waals surface area contributed by atoms with Crippen molar-refractivity contribution >= 4 is 46.7 Å². The van der Waals surface area contributed by atoms with Gasteiger partial charge in [0.05, 0.1) is 28.4 Å². The maximum Gasteiger partial charge on any atom is 0.262 e. The molecule has 2 amide bonds. The van der Waals surface area contributed by atoms with Gasteiger partial charge in [0.15, 0.2) is 0 Å². The van der Waals surface area contributed by atoms with Crippen LogP contribution < -0.4 is 0 Å². The number of aryl methyl sites for hydroxylation is 1. The van der Waals surface area contributed by atoms with Crippen LogP contribution in [-0.2, 0) is 17.9 Å². The number of fused-ring (bicyclic) bond motifs is 2. The maximum absolute atomic E-state index is 13.4. The Balaban J connectivity index is 1.44. The van der Waals surface area contributed by atoms with Crippen molar-refractivity contribution in [1.82, 2.24) is 19.7 Å². The van der Waals surface area contributed by atoms with Gasteiger partial charge >= 0.3 is 0 Å². The van der Waals surface area contributed by atoms with Crippen LogP contribution in [0.15, 0.2) is 65.4 Å². The van der Waals surface area contributed by atoms with Crippen LogP contribution in [0.4, 0.5) is 0 Å². The van der Waals surface area contributed by atoms with E-state index in [9.17, 15) is 9.59 Å². The summed E-state index contributed by atoms with van der Waals surface area (Å²) < 4.78 is 8.38. The highest BCUT2D eigenvalue weighted by molar-refractivity contribution is 9.10. The molecule has 9 heteroatoms. The quantitative estimate of drug-likeness (QED) is 0.0976. The first kappa shape index (κ1) is 26.5. The number of amides is 2. The smallest absolute Gasteiger partial charge is 0.262 e. The van der Waals surface area contributed by atoms with Gasteiger partial charge in [0.25, 0.3) is 11.8 Å². The summed E-state index contributed by atoms with van der Waals surface area (Å²) in [5.41, 5.74) is 4.46. The molecule has 0 aliphatic carbocycles. The summed E-state index contributed by atoms with van der Waals surface area (Å²) in [5.74, 6) is -0.586. The first-order valence-corrected chi connectivity index (χ1v) is 17.2. The second kappa shape index (κ2) is 10.6. The monoisotopic (exact) mass is 590 g/mol. The van der Waals surface area contributed by atoms with E-state index in [4.69, 9.17) is 9.84 Å². The number of rotatable bonds is 9. The first-order valence-electron chi connectivity index (χ1n) is 12.7. The minimum atomic E-state index is -1.15. The minimum absolute atomic E-state index is 0.293. The van der Waals surface area contributed by atoms with E-state index in [0.717, 1.165) is 34.7 Å². The Bertz CT molecular complexity index is 1490. The SMILES string of the molecule is Cc1cc(CC(c2cccc(Br)n2)N2C(=O)c3ccccc3C2=O)cc2cn(COCC[Si](C)(C)C)nc12. The summed E-state index contributed by atoms with van der Waals surface area (Å²) in [4.78, 5) is 32.8. The highest BCUT2D eigenvalue weighted by Gasteiger charge is 2.41. The van der Waals surface area contributed by atoms with E-state index in [1.807, 2.05) is 36.0 Å². The minimum Gasteiger partial charge on any atom is -0.360 e. The summed E-state index contributed by atoms with van der Waals surface area (Å²) in [6.07, 6.45) is 2.43. The number of imide groups is 1. The van der Waals surface area contributed by atoms with Crippen molar-refractivity contribution in [2.24, 2.45) is 0 Å². The van der Waals surface area contributed by atoms with E-state index in [2.05, 4.69) is 52.7 Å². The van der Waals surface area contributed by atoms with Crippen LogP contribution in [0, 0.1) is 6.92 Å². The number of ether oxygens (including phenoxy) is 1. The van der Waals surface area contributed by atoms with E-state index >= 15 is 0 Å². The van der Waals surface area contributed by atoms with Gasteiger partial charge in [-0.25, -0.2) is 9.67 Å². The summed E-state index contributed by atoms with van der Waals surface area (Å²) in [6, 6.07) is 17.3. The van der Waals surface area contributed by atoms with Gasteiger partial charge in [-0.2, -0.15) is 5.10 Å². The Labute approximate surface area is 232 Å². The van der Waals surface area contributed by atoms with E-state index in [0.29, 0.717) is 34.6 Å². The van der Waals surface area contributed by atoms with Gasteiger partial charge in [0, 0.05) is 26.3 Å². The standard InChI is InChI=1S/C29H31BrN4O3Si/c1-19-14-20(15-21-17-33(32-27(19)21)18-37-12-13-38(2,3)4)16-25(24-10-7-11-26(30)31-24)34-28(35)22-8-5-6-9-23(22)29(34)36/h5-11,14-15,17,25H,12-13,16,18H2,1-4H3. The van der Waals surface area contributed by atoms with Crippen LogP contribution in [0.5, 0.6) is 0 Å². The van der Waals surface area contributed by atoms with Gasteiger partial charge < -0.3 is 4.74 Å². The van der Waals surface area contributed by atoms with Crippen molar-refractivity contribution in [1.29, 1.82) is 0 Å². The lowest BCUT2D eigenvalue weighted by Gasteiger charge is -2.26. The van der Waals surface area contributed by atoms with Crippen LogP contribution >= 0.6 is 15.9 Å². The Morgan fingerprint density at radius 2 is 1.71 bits per heavy atom. The number of benzene rings is 2. The summed E-state index contributed by atoms with van der Waals surface area (Å²) in [7, 11) is -1.15. The van der Waals surface area contributed by atoms with E-state index in [-0.39, 0.29) is 11.8 Å². The van der Waals surface area contributed by atoms with Crippen LogP contribution in [-0.4, -0.2) is 46.2 Å². The predicted molar refractivity (Wildman–Crippen MR) is 154 cm³/mol. The van der Waals surface area contributed by atoms with Crippen molar-refractivity contribution in [3.63, 3.8) is 0 Å². The zero-order chi connectivity index (χ0) is 27.0. The maximum atomic E-state index is 13.4. The highest BCUT2D eigenvalue weighted by atomic mass is 79.9. The number of pyridine rings is 1. The Morgan fingerprint density at radius 3 is 2.37 bits per heavy atom. The Morgan fingerprint density at radius 1 is 1.00 bits per heavy atom. The third-order valence-corrected chi connectivity index (χ3v) is 8.92. The van der Waals surface area contributed by atoms with Crippen LogP contribution in [0.25, 0.3) is 10.9 Å². The Hall–Kier alpha value is -3.14. The molecule has 1 aliphatic heterocycles. The molecule has 1 aliphatic rings. The van der Waals surface area contributed by atoms with E-state index in [1.54, 1.807) is 24.3 Å². The predicted octanol–water partition coefficient (Wildman–Crippen LogP) is 6.39. The molecule has 5 rings (SSSR count). The van der Waals surface area contributed by atoms with Crippen molar-refractivity contribution < 1.29 is 14.3 Å². The number of carbonyl (C=O) groups is 2. The van der Waals surface area contributed by atoms with Crippen molar-refractivity contribution in [2.75, 3.05) is 6.61 Å². The molecular weight excluding hydrogens is 560 g/mol. The highest BCUT2D eigenvalue weighted by Crippen LogP contribution is 2.34. The third kappa shape index (κ3) is 5.50. The van der Waals surface area contributed by atoms with Gasteiger partial charge in [0.2, 0.25) is 0 Å². The summed E-state index contributed by atoms with van der Waals surface area (Å²) in [6.45, 7) is 10.2. The van der Waals surface area contributed by atoms with E-state index in [1.165, 1.54) is 4.90 Å². The zero-order valence-corrected chi connectivity index (χ0v) is 24.7. The molecule has 0 bridgehead atoms. The molecule has 2 aromatic carbocycles. The van der Waals surface area contributed by atoms with Crippen molar-refractivity contribution in [3.8, 4) is 0 Å². The fourth-order valence-electron chi connectivity index (χ4n) is 4.81. The molecule has 0 radical (unpaired) electrons. The van der Waals surface area contributed by atoms with Crippen LogP contribution in [0.1, 0.15) is 43.6 Å². The topological polar surface area (TPSA) is 77.3 Å². The summed E-state index contributed by atoms with van der Waals surface area (Å²) in [5, 5.41) is 5.73. The van der Waals surface area contributed by atoms with Gasteiger partial charge in [0.1, 0.15) is 11.3 Å². The molecule has 38 heavy (non-hydrogen) atoms. The molecular formula is C29H31BrN4O3Si. The number of carbonyl (C=O) groups excluding carboxylic acids is 2. The fraction of sp³-hybridized carbons (Fsp3) is 0.310. The molecule has 0 N–H and O–H groups in total. The number of hydrogen-bond donors (Lipinski definition) is 0. The molecule has 196 valence electrons. The largest absolute Gasteiger partial charge is 0.360 e. The van der Waals surface area contributed by atoms with Crippen LogP contribution in [0.3, 0.4) is 0 Å². The molecule has 1 atom stereocenters. The molecule has 0 spiro atoms. The lowest BCUT2D eigenvalue weighted by molar-refractivity contribution is 0.0577. The fourth-order valence-corrected chi connectivity index (χ4v) is 5.92. The van der Waals surface area contributed by atoms with Gasteiger partial charge in [-0.15, -0.1) is 0 Å². The molecule has 0 saturated heterocycles. The number of halogens is 1. The third-order valence-electron chi connectivity index (χ3n) is 6.77. The average molecular weight is 592 g/mol. The van der Waals surface area contributed by atoms with Crippen LogP contribution in [0.2, 0.25) is 25.7 Å². The molecule has 2 aromatic heterocycles. The Kier molecular flexibility index (Phi) is 7.35. The molecule has 1 unspecified atom stereocenters. The average Bonchev–Trinajstić information content (AvgIpc) is 3.39. The number of aromatic nitrogens is 3. The molecule has 4 aromatic rings. The van der Waals surface area contributed by atoms with Gasteiger partial charge in [-0.05, 0) is 76.8 Å². The first-order chi connectivity index (χ1) is 18.1. The second-order valence-corrected chi connectivity index (χ2v) is 17.4. The van der Waals surface area contributed by atoms with E-state index < -0.39 is 14.1 Å². The lowest BCUT2D eigenvalue weighted by Crippen LogP contribution is -2.35. The molecule has 3 heterocycles. The second-order valence-electron chi connectivity index (χ2n) is 11.0. The number of hydrogen-bond acceptors (Lipinski definition) is 5. The molecule has 7 nitrogen and oxygen atoms in total. The van der Waals surface area contributed by atoms with Crippen molar-refractivity contribution in [3.05, 3.63) is 93.3 Å². The normalized spacial score (nSPS) is 14.4. The lowest BCUT2D eigenvalue weighted by atomic mass is 9.98. The zero-order valence-electron chi connectivity index (χ0n) is 22.1. The molecule has 0 fully saturated rings. The van der Waals surface area contributed by atoms with Gasteiger partial charge in [-0.3, -0.25) is 14.5 Å². The van der Waals surface area contributed by atoms with Gasteiger partial charge in [-0.1, -0.05) is 43.9 Å². The summed E-state index contributed by atoms with van der Waals surface area (Å²) >= 11 is 3.45. The molecule has 0 saturated carbocycles. The number of nitrogens with zero attached hydrogens (tertiary/aromatic N) is 4.